The minimum absolute atomic E-state index is 0.000985. The Labute approximate surface area is 234 Å². The van der Waals surface area contributed by atoms with E-state index in [1.807, 2.05) is 0 Å². The van der Waals surface area contributed by atoms with Crippen LogP contribution < -0.4 is 18.9 Å². The predicted molar refractivity (Wildman–Crippen MR) is 151 cm³/mol. The van der Waals surface area contributed by atoms with E-state index in [2.05, 4.69) is 26.3 Å². The summed E-state index contributed by atoms with van der Waals surface area (Å²) in [4.78, 5) is 46.7. The zero-order valence-electron chi connectivity index (χ0n) is 21.6. The molecule has 9 heteroatoms. The Bertz CT molecular complexity index is 1600. The molecule has 0 N–H and O–H groups in total. The molecule has 3 aromatic rings. The van der Waals surface area contributed by atoms with Crippen LogP contribution in [0.2, 0.25) is 0 Å². The van der Waals surface area contributed by atoms with Gasteiger partial charge in [0.25, 0.3) is 0 Å². The SMILES string of the molecule is C=CC(=O)Oc1ccc(C=Cc2ccc(-c3ccc(OC(=O)C=C)c(OC(=O)C=C)c3)c(F)c2)cc1OC(=O)C=C. The Balaban J connectivity index is 1.90. The van der Waals surface area contributed by atoms with Gasteiger partial charge < -0.3 is 18.9 Å². The number of halogens is 1. The predicted octanol–water partition coefficient (Wildman–Crippen LogP) is 6.03. The molecule has 0 bridgehead atoms. The second-order valence-electron chi connectivity index (χ2n) is 7.94. The molecular formula is C32H23FO8. The van der Waals surface area contributed by atoms with E-state index in [-0.39, 0.29) is 28.6 Å². The van der Waals surface area contributed by atoms with Crippen molar-refractivity contribution in [2.75, 3.05) is 0 Å². The molecule has 0 saturated carbocycles. The standard InChI is InChI=1S/C32H23FO8/c1-5-29(34)38-25-15-12-21(18-27(25)40-31(36)7-3)10-9-20-11-14-23(24(33)17-20)22-13-16-26(39-30(35)6-2)28(19-22)41-32(37)8-4/h5-19H,1-4H2. The van der Waals surface area contributed by atoms with Gasteiger partial charge >= 0.3 is 23.9 Å². The van der Waals surface area contributed by atoms with E-state index in [0.29, 0.717) is 16.7 Å². The van der Waals surface area contributed by atoms with Crippen molar-refractivity contribution in [2.45, 2.75) is 0 Å². The number of carbonyl (C=O) groups excluding carboxylic acids is 4. The Kier molecular flexibility index (Phi) is 10.0. The Hall–Kier alpha value is -5.83. The van der Waals surface area contributed by atoms with Gasteiger partial charge in [-0.2, -0.15) is 0 Å². The van der Waals surface area contributed by atoms with E-state index in [9.17, 15) is 19.2 Å². The van der Waals surface area contributed by atoms with Crippen LogP contribution in [-0.2, 0) is 19.2 Å². The molecule has 0 fully saturated rings. The van der Waals surface area contributed by atoms with Crippen molar-refractivity contribution in [3.8, 4) is 34.1 Å². The van der Waals surface area contributed by atoms with E-state index >= 15 is 4.39 Å². The highest BCUT2D eigenvalue weighted by Crippen LogP contribution is 2.35. The second-order valence-corrected chi connectivity index (χ2v) is 7.94. The molecule has 0 spiro atoms. The van der Waals surface area contributed by atoms with Crippen molar-refractivity contribution in [3.63, 3.8) is 0 Å². The van der Waals surface area contributed by atoms with Crippen LogP contribution in [0.25, 0.3) is 23.3 Å². The molecule has 0 atom stereocenters. The summed E-state index contributed by atoms with van der Waals surface area (Å²) in [6.07, 6.45) is 7.05. The zero-order chi connectivity index (χ0) is 29.9. The van der Waals surface area contributed by atoms with Gasteiger partial charge in [0.1, 0.15) is 5.82 Å². The Morgan fingerprint density at radius 1 is 0.537 bits per heavy atom. The molecule has 0 aliphatic rings. The zero-order valence-corrected chi connectivity index (χ0v) is 21.6. The van der Waals surface area contributed by atoms with Crippen LogP contribution in [0.15, 0.2) is 105 Å². The van der Waals surface area contributed by atoms with Crippen LogP contribution in [0.3, 0.4) is 0 Å². The van der Waals surface area contributed by atoms with Gasteiger partial charge in [-0.05, 0) is 47.0 Å². The summed E-state index contributed by atoms with van der Waals surface area (Å²) in [6.45, 7) is 13.3. The van der Waals surface area contributed by atoms with E-state index in [0.717, 1.165) is 24.3 Å². The fourth-order valence-electron chi connectivity index (χ4n) is 3.29. The van der Waals surface area contributed by atoms with Crippen LogP contribution in [0.1, 0.15) is 11.1 Å². The summed E-state index contributed by atoms with van der Waals surface area (Å²) in [5.74, 6) is -3.84. The molecule has 0 saturated heterocycles. The summed E-state index contributed by atoms with van der Waals surface area (Å²) in [6, 6.07) is 13.2. The smallest absolute Gasteiger partial charge is 0.335 e. The third-order valence-corrected chi connectivity index (χ3v) is 5.19. The molecule has 3 aromatic carbocycles. The highest BCUT2D eigenvalue weighted by atomic mass is 19.1. The molecule has 8 nitrogen and oxygen atoms in total. The van der Waals surface area contributed by atoms with Gasteiger partial charge in [0.2, 0.25) is 0 Å². The molecule has 3 rings (SSSR count). The number of benzene rings is 3. The van der Waals surface area contributed by atoms with Crippen molar-refractivity contribution in [1.82, 2.24) is 0 Å². The quantitative estimate of drug-likeness (QED) is 0.123. The van der Waals surface area contributed by atoms with Gasteiger partial charge in [-0.15, -0.1) is 0 Å². The van der Waals surface area contributed by atoms with Crippen LogP contribution in [-0.4, -0.2) is 23.9 Å². The number of rotatable bonds is 11. The number of esters is 4. The molecule has 0 aromatic heterocycles. The third-order valence-electron chi connectivity index (χ3n) is 5.19. The van der Waals surface area contributed by atoms with Crippen LogP contribution in [0.4, 0.5) is 4.39 Å². The summed E-state index contributed by atoms with van der Waals surface area (Å²) in [7, 11) is 0. The van der Waals surface area contributed by atoms with Crippen LogP contribution in [0.5, 0.6) is 23.0 Å². The van der Waals surface area contributed by atoms with Gasteiger partial charge in [0.05, 0.1) is 0 Å². The third kappa shape index (κ3) is 8.08. The molecule has 0 aliphatic carbocycles. The topological polar surface area (TPSA) is 105 Å². The van der Waals surface area contributed by atoms with Gasteiger partial charge in [0.15, 0.2) is 23.0 Å². The lowest BCUT2D eigenvalue weighted by Crippen LogP contribution is -2.08. The molecule has 0 unspecified atom stereocenters. The molecule has 0 aliphatic heterocycles. The lowest BCUT2D eigenvalue weighted by molar-refractivity contribution is -0.131. The number of hydrogen-bond acceptors (Lipinski definition) is 8. The minimum Gasteiger partial charge on any atom is -0.419 e. The highest BCUT2D eigenvalue weighted by Gasteiger charge is 2.15. The van der Waals surface area contributed by atoms with Gasteiger partial charge in [-0.1, -0.05) is 62.7 Å². The van der Waals surface area contributed by atoms with E-state index < -0.39 is 29.7 Å². The molecule has 0 radical (unpaired) electrons. The molecule has 0 amide bonds. The van der Waals surface area contributed by atoms with Gasteiger partial charge in [0, 0.05) is 29.9 Å². The average Bonchev–Trinajstić information content (AvgIpc) is 2.97. The normalized spacial score (nSPS) is 10.3. The summed E-state index contributed by atoms with van der Waals surface area (Å²) >= 11 is 0. The number of ether oxygens (including phenoxy) is 4. The monoisotopic (exact) mass is 554 g/mol. The van der Waals surface area contributed by atoms with Crippen molar-refractivity contribution in [3.05, 3.63) is 122 Å². The maximum atomic E-state index is 15.2. The molecule has 41 heavy (non-hydrogen) atoms. The molecular weight excluding hydrogens is 531 g/mol. The van der Waals surface area contributed by atoms with Crippen molar-refractivity contribution >= 4 is 36.0 Å². The Morgan fingerprint density at radius 3 is 1.44 bits per heavy atom. The summed E-state index contributed by atoms with van der Waals surface area (Å²) in [5, 5.41) is 0. The molecule has 0 heterocycles. The van der Waals surface area contributed by atoms with Gasteiger partial charge in [-0.3, -0.25) is 0 Å². The van der Waals surface area contributed by atoms with Crippen molar-refractivity contribution < 1.29 is 42.5 Å². The summed E-state index contributed by atoms with van der Waals surface area (Å²) < 4.78 is 35.7. The largest absolute Gasteiger partial charge is 0.419 e. The highest BCUT2D eigenvalue weighted by molar-refractivity contribution is 5.88. The maximum Gasteiger partial charge on any atom is 0.335 e. The fourth-order valence-corrected chi connectivity index (χ4v) is 3.29. The van der Waals surface area contributed by atoms with E-state index in [1.54, 1.807) is 24.3 Å². The number of hydrogen-bond donors (Lipinski definition) is 0. The van der Waals surface area contributed by atoms with Gasteiger partial charge in [-0.25, -0.2) is 23.6 Å². The lowest BCUT2D eigenvalue weighted by atomic mass is 10.0. The van der Waals surface area contributed by atoms with Crippen molar-refractivity contribution in [1.29, 1.82) is 0 Å². The molecule has 206 valence electrons. The summed E-state index contributed by atoms with van der Waals surface area (Å²) in [5.41, 5.74) is 1.58. The van der Waals surface area contributed by atoms with E-state index in [1.165, 1.54) is 42.5 Å². The first-order valence-electron chi connectivity index (χ1n) is 11.8. The van der Waals surface area contributed by atoms with E-state index in [4.69, 9.17) is 18.9 Å². The van der Waals surface area contributed by atoms with Crippen LogP contribution >= 0.6 is 0 Å². The first-order chi connectivity index (χ1) is 19.7. The lowest BCUT2D eigenvalue weighted by Gasteiger charge is -2.12. The second kappa shape index (κ2) is 13.8. The number of carbonyl (C=O) groups is 4. The first-order valence-corrected chi connectivity index (χ1v) is 11.8. The minimum atomic E-state index is -0.798. The van der Waals surface area contributed by atoms with Crippen LogP contribution in [0, 0.1) is 5.82 Å². The average molecular weight is 555 g/mol. The fraction of sp³-hybridized carbons (Fsp3) is 0. The first kappa shape index (κ1) is 29.7. The Morgan fingerprint density at radius 2 is 0.951 bits per heavy atom. The maximum absolute atomic E-state index is 15.2. The van der Waals surface area contributed by atoms with Crippen molar-refractivity contribution in [2.24, 2.45) is 0 Å².